The maximum Gasteiger partial charge on any atom is 0.241 e. The Kier molecular flexibility index (Phi) is 6.04. The number of ether oxygens (including phenoxy) is 1. The van der Waals surface area contributed by atoms with Gasteiger partial charge in [-0.15, -0.1) is 0 Å². The van der Waals surface area contributed by atoms with Crippen LogP contribution in [0.1, 0.15) is 31.9 Å². The second kappa shape index (κ2) is 7.81. The molecule has 2 rings (SSSR count). The van der Waals surface area contributed by atoms with E-state index in [9.17, 15) is 8.42 Å². The molecule has 2 aromatic carbocycles. The largest absolute Gasteiger partial charge is 0.492 e. The molecule has 0 radical (unpaired) electrons. The first-order valence-corrected chi connectivity index (χ1v) is 9.30. The molecule has 4 nitrogen and oxygen atoms in total. The Morgan fingerprint density at radius 1 is 1.17 bits per heavy atom. The summed E-state index contributed by atoms with van der Waals surface area (Å²) in [6.45, 7) is 4.26. The summed E-state index contributed by atoms with van der Waals surface area (Å²) in [6.07, 6.45) is 0.816. The van der Waals surface area contributed by atoms with Gasteiger partial charge in [0.05, 0.1) is 16.5 Å². The van der Waals surface area contributed by atoms with Gasteiger partial charge in [-0.2, -0.15) is 0 Å². The minimum absolute atomic E-state index is 0.135. The van der Waals surface area contributed by atoms with E-state index in [2.05, 4.69) is 4.72 Å². The van der Waals surface area contributed by atoms with Crippen LogP contribution in [0, 0.1) is 0 Å². The van der Waals surface area contributed by atoms with Gasteiger partial charge >= 0.3 is 0 Å². The van der Waals surface area contributed by atoms with E-state index in [0.29, 0.717) is 17.4 Å². The maximum absolute atomic E-state index is 12.5. The minimum atomic E-state index is -3.66. The van der Waals surface area contributed by atoms with E-state index in [1.165, 1.54) is 18.2 Å². The van der Waals surface area contributed by atoms with Gasteiger partial charge in [0.2, 0.25) is 10.0 Å². The molecule has 23 heavy (non-hydrogen) atoms. The Balaban J connectivity index is 2.22. The van der Waals surface area contributed by atoms with Gasteiger partial charge in [-0.1, -0.05) is 48.9 Å². The lowest BCUT2D eigenvalue weighted by atomic mass is 10.1. The molecule has 6 heteroatoms. The molecule has 0 heterocycles. The van der Waals surface area contributed by atoms with Crippen LogP contribution in [0.15, 0.2) is 53.4 Å². The number of nitrogens with one attached hydrogen (secondary N) is 1. The van der Waals surface area contributed by atoms with Crippen LogP contribution in [0.3, 0.4) is 0 Å². The fraction of sp³-hybridized carbons (Fsp3) is 0.294. The van der Waals surface area contributed by atoms with Crippen LogP contribution in [-0.2, 0) is 10.0 Å². The van der Waals surface area contributed by atoms with Crippen molar-refractivity contribution in [3.63, 3.8) is 0 Å². The van der Waals surface area contributed by atoms with E-state index in [0.717, 1.165) is 12.0 Å². The zero-order chi connectivity index (χ0) is 16.9. The summed E-state index contributed by atoms with van der Waals surface area (Å²) >= 11 is 6.04. The number of hydrogen-bond acceptors (Lipinski definition) is 3. The lowest BCUT2D eigenvalue weighted by Crippen LogP contribution is -2.26. The minimum Gasteiger partial charge on any atom is -0.492 e. The van der Waals surface area contributed by atoms with Gasteiger partial charge < -0.3 is 4.74 Å². The van der Waals surface area contributed by atoms with Crippen molar-refractivity contribution < 1.29 is 13.2 Å². The molecular weight excluding hydrogens is 334 g/mol. The van der Waals surface area contributed by atoms with Crippen molar-refractivity contribution in [3.05, 3.63) is 59.1 Å². The van der Waals surface area contributed by atoms with Crippen LogP contribution < -0.4 is 9.46 Å². The number of halogens is 1. The molecule has 124 valence electrons. The molecule has 0 saturated carbocycles. The highest BCUT2D eigenvalue weighted by Gasteiger charge is 2.19. The third kappa shape index (κ3) is 4.70. The van der Waals surface area contributed by atoms with Gasteiger partial charge in [0.1, 0.15) is 5.75 Å². The van der Waals surface area contributed by atoms with Crippen molar-refractivity contribution in [1.82, 2.24) is 4.72 Å². The number of hydrogen-bond donors (Lipinski definition) is 1. The van der Waals surface area contributed by atoms with Crippen LogP contribution in [0.4, 0.5) is 0 Å². The first-order chi connectivity index (χ1) is 10.9. The second-order valence-electron chi connectivity index (χ2n) is 5.19. The second-order valence-corrected chi connectivity index (χ2v) is 7.32. The predicted molar refractivity (Wildman–Crippen MR) is 92.4 cm³/mol. The van der Waals surface area contributed by atoms with Gasteiger partial charge in [0, 0.05) is 12.1 Å². The standard InChI is InChI=1S/C17H20ClNO3S/c1-3-11-22-17-12-15(9-10-16(17)18)23(20,21)19-13(2)14-7-5-4-6-8-14/h4-10,12-13,19H,3,11H2,1-2H3. The number of benzene rings is 2. The van der Waals surface area contributed by atoms with Crippen LogP contribution >= 0.6 is 11.6 Å². The quantitative estimate of drug-likeness (QED) is 0.812. The average Bonchev–Trinajstić information content (AvgIpc) is 2.54. The van der Waals surface area contributed by atoms with Crippen LogP contribution in [-0.4, -0.2) is 15.0 Å². The van der Waals surface area contributed by atoms with Crippen molar-refractivity contribution >= 4 is 21.6 Å². The first kappa shape index (κ1) is 17.8. The summed E-state index contributed by atoms with van der Waals surface area (Å²) in [5.74, 6) is 0.378. The zero-order valence-corrected chi connectivity index (χ0v) is 14.7. The smallest absolute Gasteiger partial charge is 0.241 e. The normalized spacial score (nSPS) is 12.8. The molecule has 1 N–H and O–H groups in total. The lowest BCUT2D eigenvalue weighted by Gasteiger charge is -2.15. The molecule has 0 saturated heterocycles. The number of sulfonamides is 1. The Hall–Kier alpha value is -1.56. The number of rotatable bonds is 7. The summed E-state index contributed by atoms with van der Waals surface area (Å²) in [7, 11) is -3.66. The lowest BCUT2D eigenvalue weighted by molar-refractivity contribution is 0.317. The SMILES string of the molecule is CCCOc1cc(S(=O)(=O)NC(C)c2ccccc2)ccc1Cl. The van der Waals surface area contributed by atoms with Gasteiger partial charge in [0.25, 0.3) is 0 Å². The van der Waals surface area contributed by atoms with Gasteiger partial charge in [0.15, 0.2) is 0 Å². The molecule has 0 spiro atoms. The summed E-state index contributed by atoms with van der Waals surface area (Å²) in [5, 5.41) is 0.397. The predicted octanol–water partition coefficient (Wildman–Crippen LogP) is 4.17. The molecule has 0 aromatic heterocycles. The summed E-state index contributed by atoms with van der Waals surface area (Å²) in [4.78, 5) is 0.135. The maximum atomic E-state index is 12.5. The Morgan fingerprint density at radius 3 is 2.52 bits per heavy atom. The topological polar surface area (TPSA) is 55.4 Å². The van der Waals surface area contributed by atoms with E-state index >= 15 is 0 Å². The molecule has 1 atom stereocenters. The Morgan fingerprint density at radius 2 is 1.87 bits per heavy atom. The zero-order valence-electron chi connectivity index (χ0n) is 13.1. The highest BCUT2D eigenvalue weighted by Crippen LogP contribution is 2.28. The van der Waals surface area contributed by atoms with E-state index in [1.54, 1.807) is 6.92 Å². The Bertz CT molecular complexity index is 748. The van der Waals surface area contributed by atoms with E-state index < -0.39 is 10.0 Å². The van der Waals surface area contributed by atoms with Crippen molar-refractivity contribution in [3.8, 4) is 5.75 Å². The molecule has 0 aliphatic carbocycles. The van der Waals surface area contributed by atoms with Crippen molar-refractivity contribution in [2.45, 2.75) is 31.2 Å². The van der Waals surface area contributed by atoms with E-state index in [-0.39, 0.29) is 10.9 Å². The van der Waals surface area contributed by atoms with Crippen LogP contribution in [0.5, 0.6) is 5.75 Å². The van der Waals surface area contributed by atoms with Gasteiger partial charge in [-0.3, -0.25) is 0 Å². The molecule has 0 bridgehead atoms. The van der Waals surface area contributed by atoms with Crippen LogP contribution in [0.25, 0.3) is 0 Å². The summed E-state index contributed by atoms with van der Waals surface area (Å²) in [6, 6.07) is 13.5. The van der Waals surface area contributed by atoms with E-state index in [1.807, 2.05) is 37.3 Å². The molecule has 0 aliphatic heterocycles. The van der Waals surface area contributed by atoms with Crippen molar-refractivity contribution in [2.75, 3.05) is 6.61 Å². The molecular formula is C17H20ClNO3S. The monoisotopic (exact) mass is 353 g/mol. The molecule has 0 aliphatic rings. The van der Waals surface area contributed by atoms with Crippen molar-refractivity contribution in [2.24, 2.45) is 0 Å². The summed E-state index contributed by atoms with van der Waals surface area (Å²) < 4.78 is 33.2. The highest BCUT2D eigenvalue weighted by atomic mass is 35.5. The third-order valence-corrected chi connectivity index (χ3v) is 5.16. The van der Waals surface area contributed by atoms with Gasteiger partial charge in [-0.25, -0.2) is 13.1 Å². The molecule has 1 unspecified atom stereocenters. The average molecular weight is 354 g/mol. The fourth-order valence-corrected chi connectivity index (χ4v) is 3.50. The third-order valence-electron chi connectivity index (χ3n) is 3.31. The van der Waals surface area contributed by atoms with Gasteiger partial charge in [-0.05, 0) is 31.0 Å². The molecule has 0 fully saturated rings. The Labute approximate surface area is 142 Å². The first-order valence-electron chi connectivity index (χ1n) is 7.43. The molecule has 0 amide bonds. The van der Waals surface area contributed by atoms with Crippen molar-refractivity contribution in [1.29, 1.82) is 0 Å². The molecule has 2 aromatic rings. The fourth-order valence-electron chi connectivity index (χ4n) is 2.08. The highest BCUT2D eigenvalue weighted by molar-refractivity contribution is 7.89. The van der Waals surface area contributed by atoms with Crippen LogP contribution in [0.2, 0.25) is 5.02 Å². The summed E-state index contributed by atoms with van der Waals surface area (Å²) in [5.41, 5.74) is 0.896. The van der Waals surface area contributed by atoms with E-state index in [4.69, 9.17) is 16.3 Å².